The molecule has 3 heteroatoms. The van der Waals surface area contributed by atoms with Gasteiger partial charge in [-0.15, -0.1) is 6.07 Å². The standard InChI is InChI=1S/C7H7O2.Fe/c1-6(8)9-7-4-2-3-5-7;/h2-5H,1H3;/q-1;. The Hall–Kier alpha value is -0.661. The fraction of sp³-hybridized carbons (Fsp3) is 0.143. The van der Waals surface area contributed by atoms with Gasteiger partial charge in [-0.1, -0.05) is 0 Å². The molecular formula is C7H7FeO2-. The zero-order valence-corrected chi connectivity index (χ0v) is 6.58. The second-order valence-corrected chi connectivity index (χ2v) is 1.71. The first-order valence-electron chi connectivity index (χ1n) is 2.69. The van der Waals surface area contributed by atoms with Gasteiger partial charge in [-0.2, -0.15) is 12.1 Å². The fourth-order valence-electron chi connectivity index (χ4n) is 0.590. The van der Waals surface area contributed by atoms with E-state index in [2.05, 4.69) is 0 Å². The molecule has 0 N–H and O–H groups in total. The van der Waals surface area contributed by atoms with Crippen LogP contribution in [0.4, 0.5) is 0 Å². The molecule has 0 unspecified atom stereocenters. The number of esters is 1. The van der Waals surface area contributed by atoms with Crippen LogP contribution < -0.4 is 4.74 Å². The third kappa shape index (κ3) is 2.76. The van der Waals surface area contributed by atoms with E-state index >= 15 is 0 Å². The molecule has 2 nitrogen and oxygen atoms in total. The van der Waals surface area contributed by atoms with Crippen LogP contribution in [0.15, 0.2) is 24.3 Å². The van der Waals surface area contributed by atoms with Crippen molar-refractivity contribution < 1.29 is 26.6 Å². The second kappa shape index (κ2) is 4.20. The van der Waals surface area contributed by atoms with Crippen LogP contribution >= 0.6 is 0 Å². The first-order valence-corrected chi connectivity index (χ1v) is 2.69. The van der Waals surface area contributed by atoms with E-state index in [1.165, 1.54) is 6.92 Å². The summed E-state index contributed by atoms with van der Waals surface area (Å²) in [6, 6.07) is 7.11. The molecule has 0 saturated carbocycles. The molecule has 0 heterocycles. The van der Waals surface area contributed by atoms with Crippen LogP contribution in [-0.4, -0.2) is 5.97 Å². The van der Waals surface area contributed by atoms with Gasteiger partial charge in [-0.05, 0) is 0 Å². The summed E-state index contributed by atoms with van der Waals surface area (Å²) in [5.74, 6) is 0.337. The minimum atomic E-state index is -0.277. The van der Waals surface area contributed by atoms with Gasteiger partial charge in [0.15, 0.2) is 0 Å². The summed E-state index contributed by atoms with van der Waals surface area (Å²) >= 11 is 0. The number of ether oxygens (including phenoxy) is 1. The fourth-order valence-corrected chi connectivity index (χ4v) is 0.590. The molecule has 0 atom stereocenters. The summed E-state index contributed by atoms with van der Waals surface area (Å²) in [7, 11) is 0. The smallest absolute Gasteiger partial charge is 0.305 e. The van der Waals surface area contributed by atoms with Crippen LogP contribution in [0.25, 0.3) is 0 Å². The van der Waals surface area contributed by atoms with Gasteiger partial charge in [-0.3, -0.25) is 4.79 Å². The van der Waals surface area contributed by atoms with E-state index in [1.807, 2.05) is 12.1 Å². The molecular weight excluding hydrogens is 172 g/mol. The first kappa shape index (κ1) is 9.34. The average Bonchev–Trinajstić information content (AvgIpc) is 2.15. The maximum absolute atomic E-state index is 10.3. The molecule has 1 aromatic rings. The van der Waals surface area contributed by atoms with Crippen LogP contribution in [0.1, 0.15) is 6.92 Å². The van der Waals surface area contributed by atoms with Gasteiger partial charge in [0.05, 0.1) is 0 Å². The number of carbonyl (C=O) groups excluding carboxylic acids is 1. The maximum atomic E-state index is 10.3. The summed E-state index contributed by atoms with van der Waals surface area (Å²) in [5, 5.41) is 0. The Morgan fingerprint density at radius 2 is 2.40 bits per heavy atom. The Balaban J connectivity index is 0.000000810. The molecule has 56 valence electrons. The number of hydrogen-bond donors (Lipinski definition) is 0. The summed E-state index contributed by atoms with van der Waals surface area (Å²) in [6.45, 7) is 1.38. The molecule has 0 amide bonds. The van der Waals surface area contributed by atoms with Crippen molar-refractivity contribution in [2.45, 2.75) is 6.92 Å². The second-order valence-electron chi connectivity index (χ2n) is 1.71. The number of rotatable bonds is 1. The summed E-state index contributed by atoms with van der Waals surface area (Å²) < 4.78 is 4.72. The first-order chi connectivity index (χ1) is 4.29. The van der Waals surface area contributed by atoms with Gasteiger partial charge in [0.25, 0.3) is 0 Å². The van der Waals surface area contributed by atoms with Crippen molar-refractivity contribution in [3.8, 4) is 5.75 Å². The van der Waals surface area contributed by atoms with E-state index in [4.69, 9.17) is 4.74 Å². The van der Waals surface area contributed by atoms with Crippen LogP contribution in [0.2, 0.25) is 0 Å². The van der Waals surface area contributed by atoms with Crippen molar-refractivity contribution in [1.82, 2.24) is 0 Å². The minimum Gasteiger partial charge on any atom is -0.454 e. The van der Waals surface area contributed by atoms with Crippen molar-refractivity contribution in [1.29, 1.82) is 0 Å². The molecule has 0 aliphatic heterocycles. The van der Waals surface area contributed by atoms with Gasteiger partial charge >= 0.3 is 5.97 Å². The normalized spacial score (nSPS) is 8.10. The molecule has 0 saturated heterocycles. The van der Waals surface area contributed by atoms with E-state index in [1.54, 1.807) is 12.1 Å². The van der Waals surface area contributed by atoms with Crippen molar-refractivity contribution >= 4 is 5.97 Å². The molecule has 0 spiro atoms. The molecule has 0 radical (unpaired) electrons. The van der Waals surface area contributed by atoms with Crippen molar-refractivity contribution in [3.05, 3.63) is 24.3 Å². The van der Waals surface area contributed by atoms with Crippen molar-refractivity contribution in [3.63, 3.8) is 0 Å². The Morgan fingerprint density at radius 1 is 1.70 bits per heavy atom. The van der Waals surface area contributed by atoms with Crippen LogP contribution in [0.3, 0.4) is 0 Å². The van der Waals surface area contributed by atoms with E-state index < -0.39 is 0 Å². The van der Waals surface area contributed by atoms with Crippen LogP contribution in [0, 0.1) is 0 Å². The molecule has 0 aromatic heterocycles. The Labute approximate surface area is 70.0 Å². The minimum absolute atomic E-state index is 0. The van der Waals surface area contributed by atoms with Crippen molar-refractivity contribution in [2.75, 3.05) is 0 Å². The summed E-state index contributed by atoms with van der Waals surface area (Å²) in [4.78, 5) is 10.3. The van der Waals surface area contributed by atoms with Crippen molar-refractivity contribution in [2.24, 2.45) is 0 Å². The van der Waals surface area contributed by atoms with Gasteiger partial charge in [0, 0.05) is 29.7 Å². The van der Waals surface area contributed by atoms with E-state index in [9.17, 15) is 4.79 Å². The van der Waals surface area contributed by atoms with Gasteiger partial charge < -0.3 is 4.74 Å². The molecule has 0 bridgehead atoms. The Kier molecular flexibility index (Phi) is 3.92. The zero-order chi connectivity index (χ0) is 6.69. The van der Waals surface area contributed by atoms with Gasteiger partial charge in [0.2, 0.25) is 0 Å². The third-order valence-electron chi connectivity index (χ3n) is 0.894. The molecule has 0 aliphatic carbocycles. The SMILES string of the molecule is CC(=O)Oc1ccc[cH-]1.[Fe]. The molecule has 1 aromatic carbocycles. The maximum Gasteiger partial charge on any atom is 0.305 e. The Morgan fingerprint density at radius 3 is 2.80 bits per heavy atom. The quantitative estimate of drug-likeness (QED) is 0.369. The molecule has 10 heavy (non-hydrogen) atoms. The largest absolute Gasteiger partial charge is 0.454 e. The van der Waals surface area contributed by atoms with Gasteiger partial charge in [0.1, 0.15) is 0 Å². The monoisotopic (exact) mass is 179 g/mol. The Bertz CT molecular complexity index is 191. The van der Waals surface area contributed by atoms with E-state index in [-0.39, 0.29) is 23.0 Å². The molecule has 0 fully saturated rings. The predicted octanol–water partition coefficient (Wildman–Crippen LogP) is 1.33. The van der Waals surface area contributed by atoms with Crippen LogP contribution in [-0.2, 0) is 21.9 Å². The topological polar surface area (TPSA) is 26.3 Å². The van der Waals surface area contributed by atoms with E-state index in [0.29, 0.717) is 5.75 Å². The predicted molar refractivity (Wildman–Crippen MR) is 33.3 cm³/mol. The molecule has 0 aliphatic rings. The summed E-state index contributed by atoms with van der Waals surface area (Å²) in [6.07, 6.45) is 0. The third-order valence-corrected chi connectivity index (χ3v) is 0.894. The van der Waals surface area contributed by atoms with Gasteiger partial charge in [-0.25, -0.2) is 6.07 Å². The van der Waals surface area contributed by atoms with E-state index in [0.717, 1.165) is 0 Å². The summed E-state index contributed by atoms with van der Waals surface area (Å²) in [5.41, 5.74) is 0. The number of hydrogen-bond acceptors (Lipinski definition) is 2. The molecule has 1 rings (SSSR count). The van der Waals surface area contributed by atoms with Crippen LogP contribution in [0.5, 0.6) is 5.75 Å². The average molecular weight is 179 g/mol. The number of carbonyl (C=O) groups is 1. The zero-order valence-electron chi connectivity index (χ0n) is 5.48.